The van der Waals surface area contributed by atoms with Gasteiger partial charge in [-0.2, -0.15) is 0 Å². The first-order chi connectivity index (χ1) is 8.45. The molecule has 1 aliphatic heterocycles. The number of esters is 1. The zero-order chi connectivity index (χ0) is 13.1. The minimum atomic E-state index is -0.332. The van der Waals surface area contributed by atoms with Gasteiger partial charge in [0.05, 0.1) is 12.0 Å². The fourth-order valence-corrected chi connectivity index (χ4v) is 4.27. The minimum absolute atomic E-state index is 0.0683. The van der Waals surface area contributed by atoms with Crippen LogP contribution in [-0.2, 0) is 9.53 Å². The summed E-state index contributed by atoms with van der Waals surface area (Å²) in [4.78, 5) is 11.8. The lowest BCUT2D eigenvalue weighted by molar-refractivity contribution is -0.143. The zero-order valence-corrected chi connectivity index (χ0v) is 11.4. The number of carbonyl (C=O) groups excluding carboxylic acids is 1. The van der Waals surface area contributed by atoms with Gasteiger partial charge in [0.1, 0.15) is 6.10 Å². The van der Waals surface area contributed by atoms with Crippen molar-refractivity contribution < 1.29 is 14.6 Å². The summed E-state index contributed by atoms with van der Waals surface area (Å²) in [6.45, 7) is 6.21. The Morgan fingerprint density at radius 2 is 2.17 bits per heavy atom. The topological polar surface area (TPSA) is 46.5 Å². The van der Waals surface area contributed by atoms with Crippen molar-refractivity contribution in [2.24, 2.45) is 17.3 Å². The van der Waals surface area contributed by atoms with Crippen LogP contribution in [0, 0.1) is 17.3 Å². The van der Waals surface area contributed by atoms with Crippen LogP contribution >= 0.6 is 0 Å². The molecule has 1 N–H and O–H groups in total. The van der Waals surface area contributed by atoms with Gasteiger partial charge in [-0.25, -0.2) is 0 Å². The molecule has 0 amide bonds. The molecule has 0 radical (unpaired) electrons. The second kappa shape index (κ2) is 3.83. The number of hydrogen-bond donors (Lipinski definition) is 1. The highest BCUT2D eigenvalue weighted by Crippen LogP contribution is 2.55. The average molecular weight is 250 g/mol. The first kappa shape index (κ1) is 12.2. The Labute approximate surface area is 108 Å². The maximum atomic E-state index is 11.8. The number of aliphatic hydroxyl groups is 1. The van der Waals surface area contributed by atoms with Crippen LogP contribution in [0.1, 0.15) is 46.5 Å². The lowest BCUT2D eigenvalue weighted by atomic mass is 9.58. The molecule has 3 aliphatic rings. The second-order valence-corrected chi connectivity index (χ2v) is 6.53. The summed E-state index contributed by atoms with van der Waals surface area (Å²) >= 11 is 0. The van der Waals surface area contributed by atoms with Gasteiger partial charge in [-0.1, -0.05) is 19.4 Å². The van der Waals surface area contributed by atoms with Crippen molar-refractivity contribution in [2.45, 2.75) is 58.7 Å². The van der Waals surface area contributed by atoms with Crippen LogP contribution in [0.2, 0.25) is 0 Å². The smallest absolute Gasteiger partial charge is 0.309 e. The van der Waals surface area contributed by atoms with Gasteiger partial charge in [-0.05, 0) is 38.2 Å². The van der Waals surface area contributed by atoms with Crippen molar-refractivity contribution in [3.05, 3.63) is 11.1 Å². The summed E-state index contributed by atoms with van der Waals surface area (Å²) in [5.74, 6) is 0.00683. The molecule has 3 nitrogen and oxygen atoms in total. The van der Waals surface area contributed by atoms with E-state index in [9.17, 15) is 9.90 Å². The molecule has 2 fully saturated rings. The van der Waals surface area contributed by atoms with Crippen LogP contribution in [0.4, 0.5) is 0 Å². The molecule has 1 heterocycles. The third kappa shape index (κ3) is 1.43. The van der Waals surface area contributed by atoms with Crippen molar-refractivity contribution in [1.82, 2.24) is 0 Å². The van der Waals surface area contributed by atoms with Crippen molar-refractivity contribution in [3.8, 4) is 0 Å². The normalized spacial score (nSPS) is 47.7. The van der Waals surface area contributed by atoms with Crippen molar-refractivity contribution in [3.63, 3.8) is 0 Å². The number of rotatable bonds is 0. The quantitative estimate of drug-likeness (QED) is 0.530. The highest BCUT2D eigenvalue weighted by Gasteiger charge is 2.56. The Morgan fingerprint density at radius 3 is 2.89 bits per heavy atom. The summed E-state index contributed by atoms with van der Waals surface area (Å²) in [6, 6.07) is 0. The van der Waals surface area contributed by atoms with E-state index in [1.165, 1.54) is 11.1 Å². The maximum Gasteiger partial charge on any atom is 0.309 e. The summed E-state index contributed by atoms with van der Waals surface area (Å²) in [7, 11) is 0. The molecule has 1 saturated carbocycles. The monoisotopic (exact) mass is 250 g/mol. The predicted molar refractivity (Wildman–Crippen MR) is 67.8 cm³/mol. The summed E-state index contributed by atoms with van der Waals surface area (Å²) in [6.07, 6.45) is 3.51. The van der Waals surface area contributed by atoms with Crippen LogP contribution in [0.15, 0.2) is 11.1 Å². The van der Waals surface area contributed by atoms with Crippen LogP contribution in [-0.4, -0.2) is 23.3 Å². The van der Waals surface area contributed by atoms with E-state index in [2.05, 4.69) is 13.8 Å². The molecule has 0 aromatic heterocycles. The average Bonchev–Trinajstić information content (AvgIpc) is 2.57. The van der Waals surface area contributed by atoms with E-state index in [1.807, 2.05) is 6.92 Å². The Bertz CT molecular complexity index is 425. The molecule has 0 aromatic carbocycles. The van der Waals surface area contributed by atoms with Crippen molar-refractivity contribution in [2.75, 3.05) is 0 Å². The largest absolute Gasteiger partial charge is 0.457 e. The molecule has 18 heavy (non-hydrogen) atoms. The van der Waals surface area contributed by atoms with Crippen molar-refractivity contribution in [1.29, 1.82) is 0 Å². The van der Waals surface area contributed by atoms with Gasteiger partial charge in [0, 0.05) is 11.3 Å². The van der Waals surface area contributed by atoms with Crippen LogP contribution in [0.25, 0.3) is 0 Å². The Morgan fingerprint density at radius 1 is 1.44 bits per heavy atom. The van der Waals surface area contributed by atoms with Gasteiger partial charge in [0.15, 0.2) is 0 Å². The van der Waals surface area contributed by atoms with Crippen LogP contribution in [0.3, 0.4) is 0 Å². The second-order valence-electron chi connectivity index (χ2n) is 6.53. The zero-order valence-electron chi connectivity index (χ0n) is 11.4. The Kier molecular flexibility index (Phi) is 2.60. The molecule has 0 spiro atoms. The van der Waals surface area contributed by atoms with E-state index in [1.54, 1.807) is 0 Å². The Hall–Kier alpha value is -0.830. The van der Waals surface area contributed by atoms with Crippen LogP contribution < -0.4 is 0 Å². The van der Waals surface area contributed by atoms with Gasteiger partial charge in [-0.15, -0.1) is 0 Å². The fraction of sp³-hybridized carbons (Fsp3) is 0.800. The molecular formula is C15H22O3. The third-order valence-electron chi connectivity index (χ3n) is 5.48. The van der Waals surface area contributed by atoms with Crippen LogP contribution in [0.5, 0.6) is 0 Å². The van der Waals surface area contributed by atoms with Crippen molar-refractivity contribution >= 4 is 5.97 Å². The van der Waals surface area contributed by atoms with Gasteiger partial charge in [0.25, 0.3) is 0 Å². The lowest BCUT2D eigenvalue weighted by Crippen LogP contribution is -2.49. The van der Waals surface area contributed by atoms with E-state index < -0.39 is 0 Å². The number of hydrogen-bond acceptors (Lipinski definition) is 3. The molecule has 3 heteroatoms. The molecule has 0 unspecified atom stereocenters. The SMILES string of the molecule is CC1=C2[C@@H]3OC(=O)[C@@H](C)[C@@H]3C[C@H](O)[C@@]2(C)CCC1. The number of aliphatic hydroxyl groups excluding tert-OH is 1. The Balaban J connectivity index is 2.08. The number of ether oxygens (including phenoxy) is 1. The summed E-state index contributed by atoms with van der Waals surface area (Å²) in [5.41, 5.74) is 2.39. The highest BCUT2D eigenvalue weighted by atomic mass is 16.6. The standard InChI is InChI=1S/C15H22O3/c1-8-5-4-6-15(3)11(16)7-10-9(2)14(17)18-13(10)12(8)15/h9-11,13,16H,4-7H2,1-3H3/t9-,10-,11-,13+,15+/m0/s1. The first-order valence-electron chi connectivity index (χ1n) is 7.04. The number of fused-ring (bicyclic) bond motifs is 3. The summed E-state index contributed by atoms with van der Waals surface area (Å²) < 4.78 is 5.62. The number of carbonyl (C=O) groups is 1. The highest BCUT2D eigenvalue weighted by molar-refractivity contribution is 5.76. The molecule has 1 saturated heterocycles. The molecule has 5 atom stereocenters. The first-order valence-corrected chi connectivity index (χ1v) is 7.04. The molecular weight excluding hydrogens is 228 g/mol. The minimum Gasteiger partial charge on any atom is -0.457 e. The van der Waals surface area contributed by atoms with E-state index in [4.69, 9.17) is 4.74 Å². The summed E-state index contributed by atoms with van der Waals surface area (Å²) in [5, 5.41) is 10.5. The predicted octanol–water partition coefficient (Wildman–Crippen LogP) is 2.44. The molecule has 2 aliphatic carbocycles. The van der Waals surface area contributed by atoms with E-state index >= 15 is 0 Å². The lowest BCUT2D eigenvalue weighted by Gasteiger charge is -2.49. The van der Waals surface area contributed by atoms with E-state index in [0.29, 0.717) is 6.42 Å². The van der Waals surface area contributed by atoms with Gasteiger partial charge >= 0.3 is 5.97 Å². The van der Waals surface area contributed by atoms with Gasteiger partial charge in [0.2, 0.25) is 0 Å². The molecule has 0 bridgehead atoms. The number of allylic oxidation sites excluding steroid dienone is 1. The van der Waals surface area contributed by atoms with E-state index in [-0.39, 0.29) is 35.4 Å². The maximum absolute atomic E-state index is 11.8. The fourth-order valence-electron chi connectivity index (χ4n) is 4.27. The molecule has 3 rings (SSSR count). The third-order valence-corrected chi connectivity index (χ3v) is 5.48. The van der Waals surface area contributed by atoms with Gasteiger partial charge < -0.3 is 9.84 Å². The van der Waals surface area contributed by atoms with E-state index in [0.717, 1.165) is 19.3 Å². The van der Waals surface area contributed by atoms with Gasteiger partial charge in [-0.3, -0.25) is 4.79 Å². The molecule has 0 aromatic rings. The molecule has 100 valence electrons.